The van der Waals surface area contributed by atoms with Gasteiger partial charge in [0.25, 0.3) is 5.91 Å². The summed E-state index contributed by atoms with van der Waals surface area (Å²) in [5.74, 6) is -0.791. The highest BCUT2D eigenvalue weighted by Crippen LogP contribution is 2.22. The van der Waals surface area contributed by atoms with Crippen LogP contribution in [0.1, 0.15) is 21.6 Å². The van der Waals surface area contributed by atoms with E-state index in [1.54, 1.807) is 41.0 Å². The second-order valence-electron chi connectivity index (χ2n) is 6.40. The molecule has 1 aromatic heterocycles. The van der Waals surface area contributed by atoms with Crippen LogP contribution in [0.2, 0.25) is 0 Å². The van der Waals surface area contributed by atoms with Crippen LogP contribution in [0.25, 0.3) is 5.69 Å². The number of rotatable bonds is 8. The van der Waals surface area contributed by atoms with Gasteiger partial charge in [-0.3, -0.25) is 9.36 Å². The molecule has 1 amide bonds. The zero-order chi connectivity index (χ0) is 21.7. The molecule has 158 valence electrons. The number of nitrogens with zero attached hydrogens (tertiary/aromatic N) is 2. The van der Waals surface area contributed by atoms with Crippen molar-refractivity contribution in [3.05, 3.63) is 77.4 Å². The number of hydrogen-bond acceptors (Lipinski definition) is 5. The van der Waals surface area contributed by atoms with Gasteiger partial charge >= 0.3 is 0 Å². The molecule has 0 radical (unpaired) electrons. The van der Waals surface area contributed by atoms with Crippen molar-refractivity contribution < 1.29 is 17.6 Å². The third kappa shape index (κ3) is 5.26. The van der Waals surface area contributed by atoms with E-state index < -0.39 is 10.0 Å². The second-order valence-corrected chi connectivity index (χ2v) is 9.10. The van der Waals surface area contributed by atoms with E-state index in [0.717, 1.165) is 5.56 Å². The van der Waals surface area contributed by atoms with Crippen LogP contribution in [0.15, 0.2) is 59.9 Å². The monoisotopic (exact) mass is 448 g/mol. The lowest BCUT2D eigenvalue weighted by atomic mass is 10.1. The molecule has 0 saturated carbocycles. The van der Waals surface area contributed by atoms with Crippen molar-refractivity contribution in [2.24, 2.45) is 0 Å². The van der Waals surface area contributed by atoms with Crippen LogP contribution in [0, 0.1) is 5.82 Å². The van der Waals surface area contributed by atoms with Gasteiger partial charge in [-0.2, -0.15) is 0 Å². The lowest BCUT2D eigenvalue weighted by molar-refractivity contribution is 0.0943. The van der Waals surface area contributed by atoms with Gasteiger partial charge in [0.05, 0.1) is 11.9 Å². The maximum Gasteiger partial charge on any atom is 0.270 e. The quantitative estimate of drug-likeness (QED) is 0.517. The Hall–Kier alpha value is -2.69. The number of nitrogens with one attached hydrogen (secondary N) is 2. The highest BCUT2D eigenvalue weighted by Gasteiger charge is 2.17. The predicted octanol–water partition coefficient (Wildman–Crippen LogP) is 2.71. The third-order valence-electron chi connectivity index (χ3n) is 4.37. The SMILES string of the molecule is CNS(=O)(=O)Cc1ccc(CNC(=O)c2cnc(SC)n2-c2ccc(F)cc2)cc1. The summed E-state index contributed by atoms with van der Waals surface area (Å²) in [5.41, 5.74) is 2.45. The largest absolute Gasteiger partial charge is 0.347 e. The van der Waals surface area contributed by atoms with Gasteiger partial charge in [-0.05, 0) is 48.7 Å². The van der Waals surface area contributed by atoms with Crippen LogP contribution < -0.4 is 10.0 Å². The Morgan fingerprint density at radius 3 is 2.33 bits per heavy atom. The van der Waals surface area contributed by atoms with Crippen LogP contribution >= 0.6 is 11.8 Å². The standard InChI is InChI=1S/C20H21FN4O3S2/c1-22-30(27,28)13-15-5-3-14(4-6-15)11-23-19(26)18-12-24-20(29-2)25(18)17-9-7-16(21)8-10-17/h3-10,12,22H,11,13H2,1-2H3,(H,23,26). The fourth-order valence-corrected chi connectivity index (χ4v) is 4.12. The van der Waals surface area contributed by atoms with Crippen molar-refractivity contribution in [1.29, 1.82) is 0 Å². The van der Waals surface area contributed by atoms with Crippen molar-refractivity contribution >= 4 is 27.7 Å². The fraction of sp³-hybridized carbons (Fsp3) is 0.200. The smallest absolute Gasteiger partial charge is 0.270 e. The molecule has 0 bridgehead atoms. The van der Waals surface area contributed by atoms with E-state index in [-0.39, 0.29) is 24.0 Å². The van der Waals surface area contributed by atoms with Gasteiger partial charge in [0.15, 0.2) is 5.16 Å². The molecule has 0 unspecified atom stereocenters. The molecule has 7 nitrogen and oxygen atoms in total. The molecule has 0 fully saturated rings. The number of thioether (sulfide) groups is 1. The van der Waals surface area contributed by atoms with Gasteiger partial charge in [-0.25, -0.2) is 22.5 Å². The lowest BCUT2D eigenvalue weighted by Gasteiger charge is -2.11. The van der Waals surface area contributed by atoms with Crippen LogP contribution in [-0.4, -0.2) is 37.2 Å². The Balaban J connectivity index is 1.73. The Morgan fingerprint density at radius 2 is 1.73 bits per heavy atom. The van der Waals surface area contributed by atoms with Crippen molar-refractivity contribution in [2.75, 3.05) is 13.3 Å². The molecule has 30 heavy (non-hydrogen) atoms. The zero-order valence-corrected chi connectivity index (χ0v) is 18.1. The Bertz CT molecular complexity index is 1130. The van der Waals surface area contributed by atoms with E-state index in [2.05, 4.69) is 15.0 Å². The molecule has 1 heterocycles. The second kappa shape index (κ2) is 9.41. The molecule has 0 aliphatic rings. The molecule has 3 aromatic rings. The normalized spacial score (nSPS) is 11.4. The van der Waals surface area contributed by atoms with E-state index in [9.17, 15) is 17.6 Å². The first-order valence-corrected chi connectivity index (χ1v) is 11.9. The number of sulfonamides is 1. The summed E-state index contributed by atoms with van der Waals surface area (Å²) in [6.45, 7) is 0.265. The van der Waals surface area contributed by atoms with Crippen molar-refractivity contribution in [1.82, 2.24) is 19.6 Å². The summed E-state index contributed by atoms with van der Waals surface area (Å²) >= 11 is 1.38. The average Bonchev–Trinajstić information content (AvgIpc) is 3.17. The number of carbonyl (C=O) groups excluding carboxylic acids is 1. The molecule has 3 rings (SSSR count). The molecule has 0 atom stereocenters. The minimum absolute atomic E-state index is 0.107. The summed E-state index contributed by atoms with van der Waals surface area (Å²) in [7, 11) is -1.96. The first-order chi connectivity index (χ1) is 14.3. The maximum atomic E-state index is 13.3. The van der Waals surface area contributed by atoms with Crippen molar-refractivity contribution in [3.63, 3.8) is 0 Å². The molecule has 0 aliphatic heterocycles. The Kier molecular flexibility index (Phi) is 6.91. The molecule has 2 aromatic carbocycles. The van der Waals surface area contributed by atoms with Gasteiger partial charge in [-0.1, -0.05) is 36.0 Å². The molecule has 10 heteroatoms. The Morgan fingerprint density at radius 1 is 1.10 bits per heavy atom. The van der Waals surface area contributed by atoms with Gasteiger partial charge in [0.1, 0.15) is 11.5 Å². The van der Waals surface area contributed by atoms with E-state index in [0.29, 0.717) is 22.1 Å². The predicted molar refractivity (Wildman–Crippen MR) is 115 cm³/mol. The summed E-state index contributed by atoms with van der Waals surface area (Å²) < 4.78 is 40.5. The van der Waals surface area contributed by atoms with Crippen molar-refractivity contribution in [3.8, 4) is 5.69 Å². The minimum atomic E-state index is -3.34. The maximum absolute atomic E-state index is 13.3. The van der Waals surface area contributed by atoms with E-state index >= 15 is 0 Å². The first-order valence-electron chi connectivity index (χ1n) is 8.98. The number of carbonyl (C=O) groups is 1. The average molecular weight is 449 g/mol. The number of halogens is 1. The van der Waals surface area contributed by atoms with Gasteiger partial charge in [0, 0.05) is 12.2 Å². The molecule has 0 aliphatic carbocycles. The van der Waals surface area contributed by atoms with Crippen LogP contribution in [0.3, 0.4) is 0 Å². The molecule has 0 saturated heterocycles. The van der Waals surface area contributed by atoms with E-state index in [1.165, 1.54) is 37.1 Å². The molecule has 0 spiro atoms. The highest BCUT2D eigenvalue weighted by molar-refractivity contribution is 7.98. The highest BCUT2D eigenvalue weighted by atomic mass is 32.2. The topological polar surface area (TPSA) is 93.1 Å². The summed E-state index contributed by atoms with van der Waals surface area (Å²) in [4.78, 5) is 17.0. The molecular formula is C20H21FN4O3S2. The van der Waals surface area contributed by atoms with E-state index in [4.69, 9.17) is 0 Å². The lowest BCUT2D eigenvalue weighted by Crippen LogP contribution is -2.25. The van der Waals surface area contributed by atoms with Gasteiger partial charge < -0.3 is 5.32 Å². The number of hydrogen-bond donors (Lipinski definition) is 2. The third-order valence-corrected chi connectivity index (χ3v) is 6.36. The van der Waals surface area contributed by atoms with Gasteiger partial charge in [0.2, 0.25) is 10.0 Å². The number of imidazole rings is 1. The minimum Gasteiger partial charge on any atom is -0.347 e. The van der Waals surface area contributed by atoms with E-state index in [1.807, 2.05) is 6.26 Å². The summed E-state index contributed by atoms with van der Waals surface area (Å²) in [5, 5.41) is 3.45. The van der Waals surface area contributed by atoms with Crippen LogP contribution in [-0.2, 0) is 22.3 Å². The summed E-state index contributed by atoms with van der Waals surface area (Å²) in [6.07, 6.45) is 3.33. The fourth-order valence-electron chi connectivity index (χ4n) is 2.80. The van der Waals surface area contributed by atoms with Crippen LogP contribution in [0.5, 0.6) is 0 Å². The van der Waals surface area contributed by atoms with Gasteiger partial charge in [-0.15, -0.1) is 0 Å². The summed E-state index contributed by atoms with van der Waals surface area (Å²) in [6, 6.07) is 12.8. The Labute approximate surface area is 178 Å². The zero-order valence-electron chi connectivity index (χ0n) is 16.4. The molecular weight excluding hydrogens is 427 g/mol. The first kappa shape index (κ1) is 22.0. The van der Waals surface area contributed by atoms with Crippen molar-refractivity contribution in [2.45, 2.75) is 17.5 Å². The number of benzene rings is 2. The number of aromatic nitrogens is 2. The molecule has 2 N–H and O–H groups in total. The van der Waals surface area contributed by atoms with Crippen LogP contribution in [0.4, 0.5) is 4.39 Å². The number of amides is 1.